The van der Waals surface area contributed by atoms with Gasteiger partial charge in [-0.15, -0.1) is 0 Å². The van der Waals surface area contributed by atoms with Crippen LogP contribution in [0.25, 0.3) is 0 Å². The van der Waals surface area contributed by atoms with Gasteiger partial charge in [0.05, 0.1) is 6.10 Å². The van der Waals surface area contributed by atoms with Gasteiger partial charge in [-0.1, -0.05) is 52.2 Å². The van der Waals surface area contributed by atoms with E-state index in [2.05, 4.69) is 26.8 Å². The molecule has 2 fully saturated rings. The Kier molecular flexibility index (Phi) is 9.79. The second-order valence-electron chi connectivity index (χ2n) is 12.8. The Morgan fingerprint density at radius 2 is 1.89 bits per heavy atom. The summed E-state index contributed by atoms with van der Waals surface area (Å²) < 4.78 is 38.5. The number of fused-ring (bicyclic) bond motifs is 1. The van der Waals surface area contributed by atoms with Crippen LogP contribution in [0.1, 0.15) is 104 Å². The van der Waals surface area contributed by atoms with Gasteiger partial charge in [0.1, 0.15) is 11.5 Å². The predicted molar refractivity (Wildman–Crippen MR) is 148 cm³/mol. The van der Waals surface area contributed by atoms with Crippen LogP contribution in [-0.4, -0.2) is 29.3 Å². The summed E-state index contributed by atoms with van der Waals surface area (Å²) in [6, 6.07) is 4.53. The van der Waals surface area contributed by atoms with E-state index in [1.54, 1.807) is 6.07 Å². The van der Waals surface area contributed by atoms with Crippen molar-refractivity contribution in [2.75, 3.05) is 0 Å². The quantitative estimate of drug-likeness (QED) is 0.153. The number of benzene rings is 1. The first kappa shape index (κ1) is 30.0. The normalized spacial score (nSPS) is 27.9. The Morgan fingerprint density at radius 3 is 2.59 bits per heavy atom. The molecule has 2 aliphatic carbocycles. The fourth-order valence-corrected chi connectivity index (χ4v) is 8.05. The molecule has 0 radical (unpaired) electrons. The first-order valence-corrected chi connectivity index (χ1v) is 15.4. The third-order valence-corrected chi connectivity index (χ3v) is 10.1. The van der Waals surface area contributed by atoms with Gasteiger partial charge in [-0.25, -0.2) is 4.18 Å². The van der Waals surface area contributed by atoms with Crippen LogP contribution in [0.5, 0.6) is 11.5 Å². The Balaban J connectivity index is 1.62. The van der Waals surface area contributed by atoms with E-state index < -0.39 is 16.5 Å². The summed E-state index contributed by atoms with van der Waals surface area (Å²) in [6.45, 7) is 11.3. The smallest absolute Gasteiger partial charge is 0.397 e. The molecule has 0 unspecified atom stereocenters. The van der Waals surface area contributed by atoms with Gasteiger partial charge in [-0.05, 0) is 111 Å². The molecule has 5 atom stereocenters. The van der Waals surface area contributed by atoms with E-state index in [0.717, 1.165) is 25.7 Å². The van der Waals surface area contributed by atoms with Crippen molar-refractivity contribution in [1.82, 2.24) is 0 Å². The lowest BCUT2D eigenvalue weighted by Gasteiger charge is -2.58. The molecule has 3 N–H and O–H groups in total. The molecule has 0 saturated heterocycles. The van der Waals surface area contributed by atoms with Crippen molar-refractivity contribution in [3.63, 3.8) is 0 Å². The Morgan fingerprint density at radius 1 is 1.16 bits per heavy atom. The molecule has 1 aromatic carbocycles. The molecule has 0 aliphatic heterocycles. The van der Waals surface area contributed by atoms with Gasteiger partial charge < -0.3 is 10.2 Å². The van der Waals surface area contributed by atoms with Gasteiger partial charge in [0.2, 0.25) is 0 Å². The molecular weight excluding hydrogens is 488 g/mol. The first-order valence-electron chi connectivity index (χ1n) is 14.0. The van der Waals surface area contributed by atoms with E-state index in [1.165, 1.54) is 49.8 Å². The summed E-state index contributed by atoms with van der Waals surface area (Å²) in [7, 11) is -4.53. The zero-order chi connectivity index (χ0) is 27.4. The Labute approximate surface area is 224 Å². The van der Waals surface area contributed by atoms with Crippen LogP contribution >= 0.6 is 0 Å². The minimum atomic E-state index is -4.53. The van der Waals surface area contributed by atoms with Gasteiger partial charge in [-0.2, -0.15) is 8.42 Å². The summed E-state index contributed by atoms with van der Waals surface area (Å²) in [5.41, 5.74) is 2.33. The lowest BCUT2D eigenvalue weighted by atomic mass is 9.48. The summed E-state index contributed by atoms with van der Waals surface area (Å²) in [5.74, 6) is 1.31. The van der Waals surface area contributed by atoms with E-state index in [1.807, 2.05) is 13.8 Å². The van der Waals surface area contributed by atoms with Crippen LogP contribution in [0, 0.1) is 28.6 Å². The van der Waals surface area contributed by atoms with Gasteiger partial charge in [0.15, 0.2) is 0 Å². The molecule has 210 valence electrons. The molecule has 37 heavy (non-hydrogen) atoms. The van der Waals surface area contributed by atoms with Gasteiger partial charge in [0, 0.05) is 5.56 Å². The number of phenolic OH excluding ortho intramolecular Hbond substituents is 2. The zero-order valence-electron chi connectivity index (χ0n) is 23.4. The highest BCUT2D eigenvalue weighted by atomic mass is 32.3. The molecule has 0 heterocycles. The maximum atomic E-state index is 11.8. The van der Waals surface area contributed by atoms with E-state index >= 15 is 0 Å². The molecule has 0 bridgehead atoms. The molecular formula is C30H48O6S. The van der Waals surface area contributed by atoms with E-state index in [-0.39, 0.29) is 22.8 Å². The van der Waals surface area contributed by atoms with Gasteiger partial charge in [-0.3, -0.25) is 4.55 Å². The van der Waals surface area contributed by atoms with Crippen LogP contribution in [0.3, 0.4) is 0 Å². The van der Waals surface area contributed by atoms with E-state index in [9.17, 15) is 23.2 Å². The number of allylic oxidation sites excluding steroid dienone is 2. The summed E-state index contributed by atoms with van der Waals surface area (Å²) in [5, 5.41) is 19.6. The monoisotopic (exact) mass is 536 g/mol. The maximum absolute atomic E-state index is 11.8. The standard InChI is InChI=1S/C30H48O6S/c1-21(13-14-23-19-25(31)15-16-26(23)32)9-6-10-22(2)27(36-37(33,34)35)20-24-11-7-12-28-29(3,4)17-8-18-30(24,28)5/h13,15-16,19,22,24,27-28,31-32H,6-12,14,17-18,20H2,1-5H3,(H,33,34,35)/t22-,24-,27-,28+,30-/m1/s1. The highest BCUT2D eigenvalue weighted by molar-refractivity contribution is 7.80. The number of hydrogen-bond acceptors (Lipinski definition) is 5. The number of rotatable bonds is 11. The van der Waals surface area contributed by atoms with Crippen molar-refractivity contribution >= 4 is 10.4 Å². The Bertz CT molecular complexity index is 1050. The molecule has 3 rings (SSSR count). The van der Waals surface area contributed by atoms with E-state index in [0.29, 0.717) is 35.7 Å². The minimum absolute atomic E-state index is 0.00887. The van der Waals surface area contributed by atoms with Crippen molar-refractivity contribution in [2.45, 2.75) is 111 Å². The minimum Gasteiger partial charge on any atom is -0.508 e. The largest absolute Gasteiger partial charge is 0.508 e. The van der Waals surface area contributed by atoms with Crippen molar-refractivity contribution < 1.29 is 27.4 Å². The zero-order valence-corrected chi connectivity index (χ0v) is 24.2. The summed E-state index contributed by atoms with van der Waals surface area (Å²) >= 11 is 0. The van der Waals surface area contributed by atoms with Crippen LogP contribution in [0.15, 0.2) is 29.8 Å². The highest BCUT2D eigenvalue weighted by Crippen LogP contribution is 2.61. The average Bonchev–Trinajstić information content (AvgIpc) is 2.78. The SMILES string of the molecule is CC(=CCc1cc(O)ccc1O)CCC[C@@H](C)[C@@H](C[C@H]1CCC[C@H]2C(C)(C)CCC[C@]12C)OS(=O)(=O)O. The number of aromatic hydroxyl groups is 2. The molecule has 1 aromatic rings. The summed E-state index contributed by atoms with van der Waals surface area (Å²) in [6.07, 6.45) is 12.4. The number of hydrogen-bond donors (Lipinski definition) is 3. The predicted octanol–water partition coefficient (Wildman–Crippen LogP) is 7.60. The molecule has 6 nitrogen and oxygen atoms in total. The van der Waals surface area contributed by atoms with Crippen molar-refractivity contribution in [3.8, 4) is 11.5 Å². The second-order valence-corrected chi connectivity index (χ2v) is 13.8. The van der Waals surface area contributed by atoms with Crippen LogP contribution in [0.4, 0.5) is 0 Å². The molecule has 2 aliphatic rings. The first-order chi connectivity index (χ1) is 17.2. The summed E-state index contributed by atoms with van der Waals surface area (Å²) in [4.78, 5) is 0. The topological polar surface area (TPSA) is 104 Å². The lowest BCUT2D eigenvalue weighted by Crippen LogP contribution is -2.50. The number of phenols is 2. The Hall–Kier alpha value is -1.57. The fourth-order valence-electron chi connectivity index (χ4n) is 7.47. The molecule has 0 amide bonds. The van der Waals surface area contributed by atoms with Crippen LogP contribution in [-0.2, 0) is 21.0 Å². The third-order valence-electron chi connectivity index (χ3n) is 9.61. The average molecular weight is 537 g/mol. The second kappa shape index (κ2) is 12.1. The van der Waals surface area contributed by atoms with Gasteiger partial charge in [0.25, 0.3) is 0 Å². The van der Waals surface area contributed by atoms with Crippen molar-refractivity contribution in [3.05, 3.63) is 35.4 Å². The molecule has 2 saturated carbocycles. The van der Waals surface area contributed by atoms with Gasteiger partial charge >= 0.3 is 10.4 Å². The van der Waals surface area contributed by atoms with Crippen molar-refractivity contribution in [1.29, 1.82) is 0 Å². The molecule has 0 aromatic heterocycles. The molecule has 0 spiro atoms. The maximum Gasteiger partial charge on any atom is 0.397 e. The van der Waals surface area contributed by atoms with E-state index in [4.69, 9.17) is 4.18 Å². The molecule has 7 heteroatoms. The fraction of sp³-hybridized carbons (Fsp3) is 0.733. The van der Waals surface area contributed by atoms with Crippen LogP contribution < -0.4 is 0 Å². The lowest BCUT2D eigenvalue weighted by molar-refractivity contribution is -0.0864. The highest BCUT2D eigenvalue weighted by Gasteiger charge is 2.52. The van der Waals surface area contributed by atoms with Crippen LogP contribution in [0.2, 0.25) is 0 Å². The van der Waals surface area contributed by atoms with Crippen molar-refractivity contribution in [2.24, 2.45) is 28.6 Å². The third kappa shape index (κ3) is 7.96.